The molecule has 2 rings (SSSR count). The van der Waals surface area contributed by atoms with Gasteiger partial charge in [-0.3, -0.25) is 0 Å². The third kappa shape index (κ3) is 4.78. The van der Waals surface area contributed by atoms with Gasteiger partial charge < -0.3 is 15.2 Å². The van der Waals surface area contributed by atoms with Crippen LogP contribution in [0.3, 0.4) is 0 Å². The summed E-state index contributed by atoms with van der Waals surface area (Å²) in [4.78, 5) is 0. The van der Waals surface area contributed by atoms with Crippen molar-refractivity contribution in [3.05, 3.63) is 65.5 Å². The number of hydrogen-bond acceptors (Lipinski definition) is 3. The fourth-order valence-corrected chi connectivity index (χ4v) is 2.68. The Kier molecular flexibility index (Phi) is 6.13. The largest absolute Gasteiger partial charge is 0.497 e. The number of benzene rings is 2. The highest BCUT2D eigenvalue weighted by Gasteiger charge is 2.19. The van der Waals surface area contributed by atoms with Gasteiger partial charge in [0.25, 0.3) is 0 Å². The van der Waals surface area contributed by atoms with Crippen molar-refractivity contribution >= 4 is 0 Å². The molecule has 0 aliphatic rings. The highest BCUT2D eigenvalue weighted by molar-refractivity contribution is 5.29. The van der Waals surface area contributed by atoms with E-state index in [9.17, 15) is 9.50 Å². The fraction of sp³-hybridized carbons (Fsp3) is 0.368. The minimum Gasteiger partial charge on any atom is -0.497 e. The molecule has 0 bridgehead atoms. The molecular formula is C19H24FNO2. The summed E-state index contributed by atoms with van der Waals surface area (Å²) in [7, 11) is 1.61. The Labute approximate surface area is 137 Å². The maximum absolute atomic E-state index is 13.7. The molecule has 3 unspecified atom stereocenters. The molecule has 2 aromatic carbocycles. The van der Waals surface area contributed by atoms with Gasteiger partial charge in [0, 0.05) is 12.1 Å². The Morgan fingerprint density at radius 1 is 1.09 bits per heavy atom. The van der Waals surface area contributed by atoms with E-state index in [0.29, 0.717) is 12.0 Å². The van der Waals surface area contributed by atoms with E-state index in [1.807, 2.05) is 44.2 Å². The van der Waals surface area contributed by atoms with Gasteiger partial charge in [-0.1, -0.05) is 30.3 Å². The first-order valence-electron chi connectivity index (χ1n) is 7.82. The van der Waals surface area contributed by atoms with Crippen molar-refractivity contribution in [3.8, 4) is 5.75 Å². The molecule has 0 fully saturated rings. The van der Waals surface area contributed by atoms with Crippen LogP contribution in [0, 0.1) is 5.82 Å². The molecule has 3 nitrogen and oxygen atoms in total. The minimum absolute atomic E-state index is 0.0507. The van der Waals surface area contributed by atoms with Gasteiger partial charge >= 0.3 is 0 Å². The summed E-state index contributed by atoms with van der Waals surface area (Å²) in [6.45, 7) is 3.91. The van der Waals surface area contributed by atoms with Gasteiger partial charge in [-0.25, -0.2) is 4.39 Å². The molecule has 0 saturated carbocycles. The van der Waals surface area contributed by atoms with Gasteiger partial charge in [-0.05, 0) is 49.6 Å². The zero-order chi connectivity index (χ0) is 16.8. The van der Waals surface area contributed by atoms with E-state index in [1.165, 1.54) is 6.07 Å². The lowest BCUT2D eigenvalue weighted by Gasteiger charge is -2.25. The quantitative estimate of drug-likeness (QED) is 0.821. The Morgan fingerprint density at radius 2 is 1.74 bits per heavy atom. The number of aliphatic hydroxyl groups excluding tert-OH is 1. The van der Waals surface area contributed by atoms with Crippen molar-refractivity contribution < 1.29 is 14.2 Å². The summed E-state index contributed by atoms with van der Waals surface area (Å²) in [5.41, 5.74) is 1.50. The van der Waals surface area contributed by atoms with Crippen LogP contribution in [0.5, 0.6) is 5.75 Å². The molecule has 0 aliphatic heterocycles. The second-order valence-corrected chi connectivity index (χ2v) is 5.87. The molecule has 0 amide bonds. The molecule has 0 aromatic heterocycles. The molecule has 0 spiro atoms. The normalized spacial score (nSPS) is 15.0. The molecule has 124 valence electrons. The Morgan fingerprint density at radius 3 is 2.35 bits per heavy atom. The van der Waals surface area contributed by atoms with Crippen molar-refractivity contribution in [1.29, 1.82) is 0 Å². The molecule has 4 heteroatoms. The van der Waals surface area contributed by atoms with Gasteiger partial charge in [0.05, 0.1) is 13.2 Å². The van der Waals surface area contributed by atoms with Crippen LogP contribution >= 0.6 is 0 Å². The summed E-state index contributed by atoms with van der Waals surface area (Å²) in [5, 5.41) is 13.8. The van der Waals surface area contributed by atoms with Crippen LogP contribution in [0.1, 0.15) is 31.1 Å². The Bertz CT molecular complexity index is 615. The summed E-state index contributed by atoms with van der Waals surface area (Å²) in [6.07, 6.45) is -0.0595. The van der Waals surface area contributed by atoms with Crippen molar-refractivity contribution in [2.75, 3.05) is 7.11 Å². The lowest BCUT2D eigenvalue weighted by Crippen LogP contribution is -2.39. The number of aliphatic hydroxyl groups is 1. The monoisotopic (exact) mass is 317 g/mol. The molecule has 0 saturated heterocycles. The first kappa shape index (κ1) is 17.4. The van der Waals surface area contributed by atoms with Crippen molar-refractivity contribution in [1.82, 2.24) is 5.32 Å². The lowest BCUT2D eigenvalue weighted by molar-refractivity contribution is 0.130. The molecule has 23 heavy (non-hydrogen) atoms. The van der Waals surface area contributed by atoms with Crippen molar-refractivity contribution in [3.63, 3.8) is 0 Å². The third-order valence-corrected chi connectivity index (χ3v) is 3.96. The average molecular weight is 317 g/mol. The second kappa shape index (κ2) is 8.09. The van der Waals surface area contributed by atoms with E-state index in [2.05, 4.69) is 5.32 Å². The smallest absolute Gasteiger partial charge is 0.126 e. The number of hydrogen-bond donors (Lipinski definition) is 2. The zero-order valence-corrected chi connectivity index (χ0v) is 13.8. The lowest BCUT2D eigenvalue weighted by atomic mass is 10.0. The number of rotatable bonds is 7. The van der Waals surface area contributed by atoms with Gasteiger partial charge in [0.1, 0.15) is 11.6 Å². The van der Waals surface area contributed by atoms with Crippen LogP contribution in [0.4, 0.5) is 4.39 Å². The van der Waals surface area contributed by atoms with Gasteiger partial charge in [-0.15, -0.1) is 0 Å². The van der Waals surface area contributed by atoms with E-state index in [-0.39, 0.29) is 17.9 Å². The van der Waals surface area contributed by atoms with E-state index in [0.717, 1.165) is 11.3 Å². The topological polar surface area (TPSA) is 41.5 Å². The number of methoxy groups -OCH3 is 1. The fourth-order valence-electron chi connectivity index (χ4n) is 2.68. The number of nitrogens with one attached hydrogen (secondary N) is 1. The van der Waals surface area contributed by atoms with Crippen LogP contribution in [-0.4, -0.2) is 24.3 Å². The standard InChI is InChI=1S/C19H24FNO2/c1-13(12-16-6-4-5-7-18(16)20)21-14(2)19(22)15-8-10-17(23-3)11-9-15/h4-11,13-14,19,21-22H,12H2,1-3H3. The van der Waals surface area contributed by atoms with Crippen LogP contribution in [-0.2, 0) is 6.42 Å². The van der Waals surface area contributed by atoms with Crippen molar-refractivity contribution in [2.45, 2.75) is 38.5 Å². The van der Waals surface area contributed by atoms with E-state index in [4.69, 9.17) is 4.74 Å². The highest BCUT2D eigenvalue weighted by Crippen LogP contribution is 2.21. The highest BCUT2D eigenvalue weighted by atomic mass is 19.1. The Hall–Kier alpha value is -1.91. The average Bonchev–Trinajstić information content (AvgIpc) is 2.56. The summed E-state index contributed by atoms with van der Waals surface area (Å²) in [6, 6.07) is 14.0. The zero-order valence-electron chi connectivity index (χ0n) is 13.8. The van der Waals surface area contributed by atoms with Gasteiger partial charge in [-0.2, -0.15) is 0 Å². The predicted octanol–water partition coefficient (Wildman–Crippen LogP) is 3.48. The molecular weight excluding hydrogens is 293 g/mol. The summed E-state index contributed by atoms with van der Waals surface area (Å²) < 4.78 is 18.8. The molecule has 0 heterocycles. The minimum atomic E-state index is -0.635. The summed E-state index contributed by atoms with van der Waals surface area (Å²) in [5.74, 6) is 0.569. The van der Waals surface area contributed by atoms with Crippen molar-refractivity contribution in [2.24, 2.45) is 0 Å². The van der Waals surface area contributed by atoms with Crippen LogP contribution < -0.4 is 10.1 Å². The maximum atomic E-state index is 13.7. The molecule has 0 radical (unpaired) electrons. The third-order valence-electron chi connectivity index (χ3n) is 3.96. The first-order chi connectivity index (χ1) is 11.0. The molecule has 0 aliphatic carbocycles. The Balaban J connectivity index is 1.94. The van der Waals surface area contributed by atoms with Crippen LogP contribution in [0.25, 0.3) is 0 Å². The SMILES string of the molecule is COc1ccc(C(O)C(C)NC(C)Cc2ccccc2F)cc1. The van der Waals surface area contributed by atoms with Crippen LogP contribution in [0.15, 0.2) is 48.5 Å². The maximum Gasteiger partial charge on any atom is 0.126 e. The van der Waals surface area contributed by atoms with E-state index < -0.39 is 6.10 Å². The van der Waals surface area contributed by atoms with E-state index in [1.54, 1.807) is 19.2 Å². The van der Waals surface area contributed by atoms with Crippen LogP contribution in [0.2, 0.25) is 0 Å². The molecule has 2 N–H and O–H groups in total. The first-order valence-corrected chi connectivity index (χ1v) is 7.82. The van der Waals surface area contributed by atoms with Gasteiger partial charge in [0.2, 0.25) is 0 Å². The molecule has 3 atom stereocenters. The number of halogens is 1. The second-order valence-electron chi connectivity index (χ2n) is 5.87. The van der Waals surface area contributed by atoms with Gasteiger partial charge in [0.15, 0.2) is 0 Å². The molecule has 2 aromatic rings. The van der Waals surface area contributed by atoms with E-state index >= 15 is 0 Å². The summed E-state index contributed by atoms with van der Waals surface area (Å²) >= 11 is 0. The number of ether oxygens (including phenoxy) is 1. The predicted molar refractivity (Wildman–Crippen MR) is 90.1 cm³/mol.